The quantitative estimate of drug-likeness (QED) is 0.760. The van der Waals surface area contributed by atoms with Crippen molar-refractivity contribution in [1.29, 1.82) is 0 Å². The third-order valence-corrected chi connectivity index (χ3v) is 3.68. The number of carbonyl (C=O) groups is 1. The van der Waals surface area contributed by atoms with E-state index in [0.29, 0.717) is 5.91 Å². The van der Waals surface area contributed by atoms with E-state index >= 15 is 0 Å². The molecule has 0 aromatic carbocycles. The van der Waals surface area contributed by atoms with Crippen LogP contribution in [0.15, 0.2) is 0 Å². The molecule has 2 rings (SSSR count). The number of piperidine rings is 1. The first-order valence-corrected chi connectivity index (χ1v) is 6.33. The number of hydrogen-bond acceptors (Lipinski definition) is 2. The van der Waals surface area contributed by atoms with Crippen LogP contribution in [0.4, 0.5) is 0 Å². The molecule has 0 spiro atoms. The molecule has 1 heterocycles. The molecule has 1 unspecified atom stereocenters. The smallest absolute Gasteiger partial charge is 0.239 e. The van der Waals surface area contributed by atoms with Gasteiger partial charge in [-0.15, -0.1) is 0 Å². The number of likely N-dealkylation sites (N-methyl/N-ethyl adjacent to an activating group) is 1. The summed E-state index contributed by atoms with van der Waals surface area (Å²) in [5, 5.41) is 3.28. The molecule has 0 aromatic rings. The first-order chi connectivity index (χ1) is 7.31. The lowest BCUT2D eigenvalue weighted by molar-refractivity contribution is -0.137. The van der Waals surface area contributed by atoms with E-state index in [1.54, 1.807) is 0 Å². The Balaban J connectivity index is 1.84. The van der Waals surface area contributed by atoms with Crippen LogP contribution in [0.1, 0.15) is 39.0 Å². The fourth-order valence-electron chi connectivity index (χ4n) is 2.54. The number of hydrogen-bond donors (Lipinski definition) is 1. The van der Waals surface area contributed by atoms with Crippen molar-refractivity contribution in [3.05, 3.63) is 0 Å². The van der Waals surface area contributed by atoms with Crippen molar-refractivity contribution in [1.82, 2.24) is 10.2 Å². The van der Waals surface area contributed by atoms with E-state index in [9.17, 15) is 4.79 Å². The van der Waals surface area contributed by atoms with Crippen LogP contribution in [-0.2, 0) is 4.79 Å². The van der Waals surface area contributed by atoms with Gasteiger partial charge in [-0.3, -0.25) is 4.79 Å². The van der Waals surface area contributed by atoms with Gasteiger partial charge in [0.15, 0.2) is 0 Å². The average Bonchev–Trinajstić information content (AvgIpc) is 2.17. The lowest BCUT2D eigenvalue weighted by Crippen LogP contribution is -2.52. The molecule has 3 heteroatoms. The Hall–Kier alpha value is -0.570. The monoisotopic (exact) mass is 210 g/mol. The summed E-state index contributed by atoms with van der Waals surface area (Å²) in [4.78, 5) is 14.1. The molecule has 0 bridgehead atoms. The largest absolute Gasteiger partial charge is 0.341 e. The van der Waals surface area contributed by atoms with E-state index in [2.05, 4.69) is 17.1 Å². The zero-order chi connectivity index (χ0) is 10.7. The molecule has 0 aromatic heterocycles. The molecular weight excluding hydrogens is 188 g/mol. The van der Waals surface area contributed by atoms with Gasteiger partial charge in [-0.05, 0) is 38.1 Å². The second-order valence-corrected chi connectivity index (χ2v) is 4.83. The maximum absolute atomic E-state index is 12.1. The molecule has 1 amide bonds. The van der Waals surface area contributed by atoms with E-state index in [1.807, 2.05) is 0 Å². The number of carbonyl (C=O) groups excluding carboxylic acids is 1. The Morgan fingerprint density at radius 3 is 2.73 bits per heavy atom. The van der Waals surface area contributed by atoms with Gasteiger partial charge in [-0.2, -0.15) is 0 Å². The maximum atomic E-state index is 12.1. The van der Waals surface area contributed by atoms with Crippen molar-refractivity contribution in [3.8, 4) is 0 Å². The number of nitrogens with zero attached hydrogens (tertiary/aromatic N) is 1. The number of rotatable bonds is 4. The Kier molecular flexibility index (Phi) is 3.62. The van der Waals surface area contributed by atoms with Crippen LogP contribution in [0.3, 0.4) is 0 Å². The Bertz CT molecular complexity index is 224. The van der Waals surface area contributed by atoms with Crippen molar-refractivity contribution in [2.75, 3.05) is 19.6 Å². The van der Waals surface area contributed by atoms with E-state index in [0.717, 1.165) is 38.4 Å². The maximum Gasteiger partial charge on any atom is 0.239 e. The van der Waals surface area contributed by atoms with Gasteiger partial charge in [0.05, 0.1) is 6.04 Å². The number of nitrogens with one attached hydrogen (secondary N) is 1. The summed E-state index contributed by atoms with van der Waals surface area (Å²) >= 11 is 0. The standard InChI is InChI=1S/C12H22N2O/c1-2-13-11-7-4-8-14(12(11)15)9-10-5-3-6-10/h10-11,13H,2-9H2,1H3. The molecule has 1 saturated carbocycles. The van der Waals surface area contributed by atoms with Crippen LogP contribution in [0, 0.1) is 5.92 Å². The molecule has 0 radical (unpaired) electrons. The molecule has 1 saturated heterocycles. The molecule has 1 atom stereocenters. The van der Waals surface area contributed by atoms with E-state index in [4.69, 9.17) is 0 Å². The van der Waals surface area contributed by atoms with Crippen LogP contribution < -0.4 is 5.32 Å². The summed E-state index contributed by atoms with van der Waals surface area (Å²) in [7, 11) is 0. The fraction of sp³-hybridized carbons (Fsp3) is 0.917. The minimum Gasteiger partial charge on any atom is -0.341 e. The molecule has 3 nitrogen and oxygen atoms in total. The zero-order valence-corrected chi connectivity index (χ0v) is 9.67. The molecule has 15 heavy (non-hydrogen) atoms. The highest BCUT2D eigenvalue weighted by Gasteiger charge is 2.30. The van der Waals surface area contributed by atoms with Crippen LogP contribution in [0.25, 0.3) is 0 Å². The summed E-state index contributed by atoms with van der Waals surface area (Å²) in [5.41, 5.74) is 0. The SMILES string of the molecule is CCNC1CCCN(CC2CCC2)C1=O. The Morgan fingerprint density at radius 2 is 2.13 bits per heavy atom. The molecular formula is C12H22N2O. The van der Waals surface area contributed by atoms with Gasteiger partial charge in [0.25, 0.3) is 0 Å². The highest BCUT2D eigenvalue weighted by atomic mass is 16.2. The molecule has 1 N–H and O–H groups in total. The highest BCUT2D eigenvalue weighted by Crippen LogP contribution is 2.28. The summed E-state index contributed by atoms with van der Waals surface area (Å²) in [6.45, 7) is 4.96. The lowest BCUT2D eigenvalue weighted by atomic mass is 9.84. The molecule has 86 valence electrons. The van der Waals surface area contributed by atoms with Crippen molar-refractivity contribution in [2.45, 2.75) is 45.1 Å². The Labute approximate surface area is 92.2 Å². The van der Waals surface area contributed by atoms with Crippen LogP contribution >= 0.6 is 0 Å². The van der Waals surface area contributed by atoms with Crippen molar-refractivity contribution < 1.29 is 4.79 Å². The van der Waals surface area contributed by atoms with E-state index in [-0.39, 0.29) is 6.04 Å². The normalized spacial score (nSPS) is 27.9. The van der Waals surface area contributed by atoms with Crippen molar-refractivity contribution >= 4 is 5.91 Å². The minimum absolute atomic E-state index is 0.101. The van der Waals surface area contributed by atoms with Gasteiger partial charge < -0.3 is 10.2 Å². The van der Waals surface area contributed by atoms with Crippen LogP contribution in [0.2, 0.25) is 0 Å². The minimum atomic E-state index is 0.101. The molecule has 2 fully saturated rings. The Morgan fingerprint density at radius 1 is 1.33 bits per heavy atom. The lowest BCUT2D eigenvalue weighted by Gasteiger charge is -2.37. The third kappa shape index (κ3) is 2.51. The van der Waals surface area contributed by atoms with Gasteiger partial charge in [-0.1, -0.05) is 13.3 Å². The predicted octanol–water partition coefficient (Wildman–Crippen LogP) is 1.39. The average molecular weight is 210 g/mol. The summed E-state index contributed by atoms with van der Waals surface area (Å²) in [6, 6.07) is 0.101. The van der Waals surface area contributed by atoms with Gasteiger partial charge in [-0.25, -0.2) is 0 Å². The van der Waals surface area contributed by atoms with Crippen molar-refractivity contribution in [3.63, 3.8) is 0 Å². The molecule has 1 aliphatic carbocycles. The van der Waals surface area contributed by atoms with Gasteiger partial charge >= 0.3 is 0 Å². The topological polar surface area (TPSA) is 32.3 Å². The van der Waals surface area contributed by atoms with Gasteiger partial charge in [0.2, 0.25) is 5.91 Å². The van der Waals surface area contributed by atoms with E-state index < -0.39 is 0 Å². The fourth-order valence-corrected chi connectivity index (χ4v) is 2.54. The second-order valence-electron chi connectivity index (χ2n) is 4.83. The summed E-state index contributed by atoms with van der Waals surface area (Å²) in [6.07, 6.45) is 6.21. The molecule has 2 aliphatic rings. The van der Waals surface area contributed by atoms with Crippen molar-refractivity contribution in [2.24, 2.45) is 5.92 Å². The first-order valence-electron chi connectivity index (χ1n) is 6.33. The number of amides is 1. The molecule has 1 aliphatic heterocycles. The zero-order valence-electron chi connectivity index (χ0n) is 9.67. The highest BCUT2D eigenvalue weighted by molar-refractivity contribution is 5.82. The van der Waals surface area contributed by atoms with Crippen LogP contribution in [-0.4, -0.2) is 36.5 Å². The van der Waals surface area contributed by atoms with Gasteiger partial charge in [0, 0.05) is 13.1 Å². The summed E-state index contributed by atoms with van der Waals surface area (Å²) < 4.78 is 0. The third-order valence-electron chi connectivity index (χ3n) is 3.68. The first kappa shape index (κ1) is 10.9. The van der Waals surface area contributed by atoms with Crippen LogP contribution in [0.5, 0.6) is 0 Å². The van der Waals surface area contributed by atoms with E-state index in [1.165, 1.54) is 19.3 Å². The number of likely N-dealkylation sites (tertiary alicyclic amines) is 1. The van der Waals surface area contributed by atoms with Gasteiger partial charge in [0.1, 0.15) is 0 Å². The summed E-state index contributed by atoms with van der Waals surface area (Å²) in [5.74, 6) is 1.14. The predicted molar refractivity (Wildman–Crippen MR) is 60.6 cm³/mol. The second kappa shape index (κ2) is 4.97.